The molecular weight excluding hydrogens is 394 g/mol. The smallest absolute Gasteiger partial charge is 0.235 e. The van der Waals surface area contributed by atoms with Gasteiger partial charge in [-0.2, -0.15) is 0 Å². The largest absolute Gasteiger partial charge is 0.508 e. The number of phenols is 1. The lowest BCUT2D eigenvalue weighted by Gasteiger charge is -2.27. The monoisotopic (exact) mass is 417 g/mol. The third-order valence-corrected chi connectivity index (χ3v) is 5.59. The van der Waals surface area contributed by atoms with Crippen LogP contribution in [-0.4, -0.2) is 15.1 Å². The fourth-order valence-electron chi connectivity index (χ4n) is 4.10. The van der Waals surface area contributed by atoms with E-state index >= 15 is 0 Å². The highest BCUT2D eigenvalue weighted by atomic mass is 16.3. The number of rotatable bonds is 4. The van der Waals surface area contributed by atoms with E-state index in [1.54, 1.807) is 12.1 Å². The molecule has 4 nitrogen and oxygen atoms in total. The van der Waals surface area contributed by atoms with Crippen molar-refractivity contribution in [3.63, 3.8) is 0 Å². The van der Waals surface area contributed by atoms with Crippen LogP contribution in [0.25, 0.3) is 22.2 Å². The SMILES string of the molecule is Cc1cccc(C)c1N(c1ccccc1)c1nc(-c2ccccc2)c2ccc(O)cc2n1. The lowest BCUT2D eigenvalue weighted by molar-refractivity contribution is 0.476. The predicted molar refractivity (Wildman–Crippen MR) is 131 cm³/mol. The molecule has 0 unspecified atom stereocenters. The Hall–Kier alpha value is -4.18. The Kier molecular flexibility index (Phi) is 5.04. The number of phenolic OH excluding ortho intramolecular Hbond substituents is 1. The van der Waals surface area contributed by atoms with Crippen LogP contribution in [0.1, 0.15) is 11.1 Å². The summed E-state index contributed by atoms with van der Waals surface area (Å²) in [5.74, 6) is 0.741. The summed E-state index contributed by atoms with van der Waals surface area (Å²) in [6.45, 7) is 4.20. The van der Waals surface area contributed by atoms with Gasteiger partial charge in [0.25, 0.3) is 0 Å². The van der Waals surface area contributed by atoms with E-state index in [1.807, 2.05) is 54.6 Å². The molecule has 1 aromatic heterocycles. The van der Waals surface area contributed by atoms with Crippen LogP contribution in [0, 0.1) is 13.8 Å². The average Bonchev–Trinajstić information content (AvgIpc) is 2.82. The van der Waals surface area contributed by atoms with Crippen LogP contribution in [0.5, 0.6) is 5.75 Å². The zero-order chi connectivity index (χ0) is 22.1. The highest BCUT2D eigenvalue weighted by molar-refractivity contribution is 5.95. The summed E-state index contributed by atoms with van der Waals surface area (Å²) in [7, 11) is 0. The molecule has 0 aliphatic rings. The van der Waals surface area contributed by atoms with Crippen LogP contribution in [0.3, 0.4) is 0 Å². The minimum Gasteiger partial charge on any atom is -0.508 e. The summed E-state index contributed by atoms with van der Waals surface area (Å²) in [6, 6.07) is 31.8. The first kappa shape index (κ1) is 19.8. The maximum absolute atomic E-state index is 10.2. The number of hydrogen-bond donors (Lipinski definition) is 1. The van der Waals surface area contributed by atoms with Crippen molar-refractivity contribution < 1.29 is 5.11 Å². The van der Waals surface area contributed by atoms with E-state index in [1.165, 1.54) is 0 Å². The van der Waals surface area contributed by atoms with Gasteiger partial charge in [0.2, 0.25) is 5.95 Å². The molecule has 0 spiro atoms. The Morgan fingerprint density at radius 2 is 1.34 bits per heavy atom. The Labute approximate surface area is 187 Å². The molecule has 5 aromatic rings. The quantitative estimate of drug-likeness (QED) is 0.339. The van der Waals surface area contributed by atoms with Crippen LogP contribution in [-0.2, 0) is 0 Å². The highest BCUT2D eigenvalue weighted by Gasteiger charge is 2.21. The number of aromatic hydroxyl groups is 1. The third-order valence-electron chi connectivity index (χ3n) is 5.59. The summed E-state index contributed by atoms with van der Waals surface area (Å²) >= 11 is 0. The standard InChI is InChI=1S/C28H23N3O/c1-19-10-9-11-20(2)27(19)31(22-14-7-4-8-15-22)28-29-25-18-23(32)16-17-24(25)26(30-28)21-12-5-3-6-13-21/h3-18,32H,1-2H3. The Balaban J connectivity index is 1.84. The maximum atomic E-state index is 10.2. The van der Waals surface area contributed by atoms with Gasteiger partial charge in [0.1, 0.15) is 5.75 Å². The molecule has 0 saturated carbocycles. The van der Waals surface area contributed by atoms with Crippen molar-refractivity contribution in [2.45, 2.75) is 13.8 Å². The minimum absolute atomic E-state index is 0.180. The van der Waals surface area contributed by atoms with Crippen molar-refractivity contribution >= 4 is 28.2 Å². The van der Waals surface area contributed by atoms with E-state index < -0.39 is 0 Å². The van der Waals surface area contributed by atoms with Crippen molar-refractivity contribution in [2.75, 3.05) is 4.90 Å². The summed E-state index contributed by atoms with van der Waals surface area (Å²) in [4.78, 5) is 12.1. The predicted octanol–water partition coefficient (Wildman–Crippen LogP) is 7.09. The number of aryl methyl sites for hydroxylation is 2. The Morgan fingerprint density at radius 3 is 2.03 bits per heavy atom. The molecule has 5 rings (SSSR count). The average molecular weight is 418 g/mol. The topological polar surface area (TPSA) is 49.2 Å². The summed E-state index contributed by atoms with van der Waals surface area (Å²) < 4.78 is 0. The van der Waals surface area contributed by atoms with Gasteiger partial charge < -0.3 is 5.11 Å². The molecule has 0 aliphatic carbocycles. The second kappa shape index (κ2) is 8.16. The maximum Gasteiger partial charge on any atom is 0.235 e. The first-order chi connectivity index (χ1) is 15.6. The van der Waals surface area contributed by atoms with Gasteiger partial charge >= 0.3 is 0 Å². The van der Waals surface area contributed by atoms with Crippen LogP contribution >= 0.6 is 0 Å². The van der Waals surface area contributed by atoms with Gasteiger partial charge in [-0.1, -0.05) is 66.7 Å². The molecule has 1 N–H and O–H groups in total. The molecule has 156 valence electrons. The van der Waals surface area contributed by atoms with Gasteiger partial charge in [-0.25, -0.2) is 9.97 Å². The molecule has 4 aromatic carbocycles. The molecule has 0 aliphatic heterocycles. The zero-order valence-corrected chi connectivity index (χ0v) is 18.0. The molecule has 0 saturated heterocycles. The second-order valence-corrected chi connectivity index (χ2v) is 7.85. The molecule has 0 bridgehead atoms. The van der Waals surface area contributed by atoms with Gasteiger partial charge in [-0.05, 0) is 49.2 Å². The fraction of sp³-hybridized carbons (Fsp3) is 0.0714. The number of benzene rings is 4. The molecule has 0 atom stereocenters. The van der Waals surface area contributed by atoms with Gasteiger partial charge in [0.05, 0.1) is 16.9 Å². The Morgan fingerprint density at radius 1 is 0.688 bits per heavy atom. The molecule has 32 heavy (non-hydrogen) atoms. The van der Waals surface area contributed by atoms with Gasteiger partial charge in [0, 0.05) is 22.7 Å². The van der Waals surface area contributed by atoms with Crippen molar-refractivity contribution in [2.24, 2.45) is 0 Å². The van der Waals surface area contributed by atoms with E-state index in [9.17, 15) is 5.11 Å². The molecule has 1 heterocycles. The molecule has 0 radical (unpaired) electrons. The number of anilines is 3. The number of fused-ring (bicyclic) bond motifs is 1. The minimum atomic E-state index is 0.180. The van der Waals surface area contributed by atoms with Crippen LogP contribution in [0.2, 0.25) is 0 Å². The number of aromatic nitrogens is 2. The van der Waals surface area contributed by atoms with E-state index in [-0.39, 0.29) is 5.75 Å². The zero-order valence-electron chi connectivity index (χ0n) is 18.0. The van der Waals surface area contributed by atoms with E-state index in [0.29, 0.717) is 11.5 Å². The summed E-state index contributed by atoms with van der Waals surface area (Å²) in [5, 5.41) is 11.1. The van der Waals surface area contributed by atoms with Crippen molar-refractivity contribution in [1.82, 2.24) is 9.97 Å². The fourth-order valence-corrected chi connectivity index (χ4v) is 4.10. The first-order valence-corrected chi connectivity index (χ1v) is 10.6. The number of nitrogens with zero attached hydrogens (tertiary/aromatic N) is 3. The van der Waals surface area contributed by atoms with E-state index in [0.717, 1.165) is 39.1 Å². The molecule has 0 amide bonds. The third kappa shape index (κ3) is 3.56. The number of para-hydroxylation sites is 2. The van der Waals surface area contributed by atoms with E-state index in [4.69, 9.17) is 9.97 Å². The summed E-state index contributed by atoms with van der Waals surface area (Å²) in [5.41, 5.74) is 6.82. The van der Waals surface area contributed by atoms with Crippen LogP contribution in [0.15, 0.2) is 97.1 Å². The van der Waals surface area contributed by atoms with Crippen molar-refractivity contribution in [3.8, 4) is 17.0 Å². The van der Waals surface area contributed by atoms with Gasteiger partial charge in [0.15, 0.2) is 0 Å². The van der Waals surface area contributed by atoms with Crippen molar-refractivity contribution in [1.29, 1.82) is 0 Å². The van der Waals surface area contributed by atoms with Gasteiger partial charge in [-0.15, -0.1) is 0 Å². The number of hydrogen-bond acceptors (Lipinski definition) is 4. The van der Waals surface area contributed by atoms with Gasteiger partial charge in [-0.3, -0.25) is 4.90 Å². The second-order valence-electron chi connectivity index (χ2n) is 7.85. The molecule has 0 fully saturated rings. The molecular formula is C28H23N3O. The molecule has 4 heteroatoms. The normalized spacial score (nSPS) is 10.9. The Bertz CT molecular complexity index is 1380. The lowest BCUT2D eigenvalue weighted by atomic mass is 10.1. The highest BCUT2D eigenvalue weighted by Crippen LogP contribution is 2.39. The van der Waals surface area contributed by atoms with Crippen LogP contribution in [0.4, 0.5) is 17.3 Å². The van der Waals surface area contributed by atoms with Crippen LogP contribution < -0.4 is 4.90 Å². The lowest BCUT2D eigenvalue weighted by Crippen LogP contribution is -2.16. The van der Waals surface area contributed by atoms with E-state index in [2.05, 4.69) is 49.1 Å². The summed E-state index contributed by atoms with van der Waals surface area (Å²) in [6.07, 6.45) is 0. The van der Waals surface area contributed by atoms with Crippen molar-refractivity contribution in [3.05, 3.63) is 108 Å². The first-order valence-electron chi connectivity index (χ1n) is 10.6.